The molecule has 0 bridgehead atoms. The maximum atomic E-state index is 13.8. The maximum absolute atomic E-state index is 13.8. The first-order valence-corrected chi connectivity index (χ1v) is 11.3. The summed E-state index contributed by atoms with van der Waals surface area (Å²) in [4.78, 5) is 16.7. The van der Waals surface area contributed by atoms with E-state index in [1.807, 2.05) is 0 Å². The van der Waals surface area contributed by atoms with Crippen molar-refractivity contribution < 1.29 is 23.0 Å². The van der Waals surface area contributed by atoms with E-state index in [0.29, 0.717) is 45.5 Å². The number of benzene rings is 3. The van der Waals surface area contributed by atoms with Gasteiger partial charge in [0, 0.05) is 24.4 Å². The smallest absolute Gasteiger partial charge is 0.336 e. The average molecular weight is 534 g/mol. The molecule has 0 aliphatic rings. The van der Waals surface area contributed by atoms with Gasteiger partial charge in [0.25, 0.3) is 0 Å². The Kier molecular flexibility index (Phi) is 7.99. The number of nitrogens with one attached hydrogen (secondary N) is 2. The van der Waals surface area contributed by atoms with E-state index in [-0.39, 0.29) is 18.3 Å². The van der Waals surface area contributed by atoms with Gasteiger partial charge in [-0.05, 0) is 54.6 Å². The molecule has 0 unspecified atom stereocenters. The number of aromatic nitrogens is 3. The van der Waals surface area contributed by atoms with Crippen LogP contribution in [0.25, 0.3) is 17.1 Å². The van der Waals surface area contributed by atoms with Crippen LogP contribution in [0.4, 0.5) is 25.0 Å². The lowest BCUT2D eigenvalue weighted by atomic mass is 10.2. The minimum Gasteiger partial charge on any atom is -0.460 e. The Balaban J connectivity index is 1.55. The lowest BCUT2D eigenvalue weighted by molar-refractivity contribution is 0.141. The summed E-state index contributed by atoms with van der Waals surface area (Å²) in [7, 11) is 1.56. The van der Waals surface area contributed by atoms with Gasteiger partial charge in [-0.25, -0.2) is 18.3 Å². The van der Waals surface area contributed by atoms with Gasteiger partial charge in [0.2, 0.25) is 0 Å². The summed E-state index contributed by atoms with van der Waals surface area (Å²) in [5, 5.41) is 10.1. The first-order valence-electron chi connectivity index (χ1n) is 10.5. The van der Waals surface area contributed by atoms with E-state index in [2.05, 4.69) is 20.7 Å². The number of urea groups is 1. The van der Waals surface area contributed by atoms with Crippen molar-refractivity contribution in [3.8, 4) is 23.1 Å². The molecule has 0 fully saturated rings. The lowest BCUT2D eigenvalue weighted by Gasteiger charge is -2.10. The van der Waals surface area contributed by atoms with Crippen LogP contribution in [-0.2, 0) is 4.74 Å². The third-order valence-corrected chi connectivity index (χ3v) is 5.57. The summed E-state index contributed by atoms with van der Waals surface area (Å²) in [6.45, 7) is 0.620. The van der Waals surface area contributed by atoms with Crippen molar-refractivity contribution in [2.45, 2.75) is 0 Å². The molecular formula is C24H19Cl2F2N5O3. The molecule has 2 amide bonds. The highest BCUT2D eigenvalue weighted by atomic mass is 35.5. The second-order valence-electron chi connectivity index (χ2n) is 7.35. The SMILES string of the molecule is COCCOc1nc(-c2ccc(Cl)c(Cl)c2)n(-c2ccc(NC(=O)Nc3ccc(F)cc3F)cc2)n1. The van der Waals surface area contributed by atoms with E-state index in [9.17, 15) is 13.6 Å². The highest BCUT2D eigenvalue weighted by Gasteiger charge is 2.16. The van der Waals surface area contributed by atoms with Crippen LogP contribution in [0, 0.1) is 11.6 Å². The molecule has 0 radical (unpaired) electrons. The number of methoxy groups -OCH3 is 1. The molecule has 0 aliphatic carbocycles. The number of carbonyl (C=O) groups is 1. The zero-order chi connectivity index (χ0) is 25.7. The summed E-state index contributed by atoms with van der Waals surface area (Å²) in [6.07, 6.45) is 0. The van der Waals surface area contributed by atoms with Gasteiger partial charge in [-0.3, -0.25) is 0 Å². The van der Waals surface area contributed by atoms with Crippen LogP contribution in [0.1, 0.15) is 0 Å². The van der Waals surface area contributed by atoms with E-state index >= 15 is 0 Å². The fourth-order valence-electron chi connectivity index (χ4n) is 3.13. The number of nitrogens with zero attached hydrogens (tertiary/aromatic N) is 3. The molecule has 0 saturated carbocycles. The second kappa shape index (κ2) is 11.3. The van der Waals surface area contributed by atoms with Crippen LogP contribution in [0.15, 0.2) is 60.7 Å². The predicted octanol–water partition coefficient (Wildman–Crippen LogP) is 6.19. The first kappa shape index (κ1) is 25.4. The Bertz CT molecular complexity index is 1380. The zero-order valence-corrected chi connectivity index (χ0v) is 20.3. The number of ether oxygens (including phenoxy) is 2. The summed E-state index contributed by atoms with van der Waals surface area (Å²) >= 11 is 12.2. The minimum atomic E-state index is -0.884. The molecule has 3 aromatic carbocycles. The van der Waals surface area contributed by atoms with Crippen LogP contribution in [-0.4, -0.2) is 41.1 Å². The molecule has 0 spiro atoms. The van der Waals surface area contributed by atoms with Gasteiger partial charge in [0.05, 0.1) is 28.0 Å². The third kappa shape index (κ3) is 6.09. The van der Waals surface area contributed by atoms with Crippen molar-refractivity contribution in [1.82, 2.24) is 14.8 Å². The Labute approximate surface area is 214 Å². The molecule has 2 N–H and O–H groups in total. The van der Waals surface area contributed by atoms with E-state index in [0.717, 1.165) is 12.1 Å². The van der Waals surface area contributed by atoms with Gasteiger partial charge in [-0.15, -0.1) is 5.10 Å². The number of rotatable bonds is 8. The largest absolute Gasteiger partial charge is 0.460 e. The molecule has 0 aliphatic heterocycles. The molecule has 4 aromatic rings. The molecule has 12 heteroatoms. The zero-order valence-electron chi connectivity index (χ0n) is 18.8. The van der Waals surface area contributed by atoms with Gasteiger partial charge in [-0.1, -0.05) is 23.2 Å². The molecule has 0 saturated heterocycles. The Morgan fingerprint density at radius 3 is 2.44 bits per heavy atom. The predicted molar refractivity (Wildman–Crippen MR) is 133 cm³/mol. The van der Waals surface area contributed by atoms with Crippen molar-refractivity contribution in [2.24, 2.45) is 0 Å². The van der Waals surface area contributed by atoms with Gasteiger partial charge in [0.15, 0.2) is 5.82 Å². The van der Waals surface area contributed by atoms with Gasteiger partial charge >= 0.3 is 12.0 Å². The molecular weight excluding hydrogens is 515 g/mol. The number of amides is 2. The van der Waals surface area contributed by atoms with Crippen LogP contribution < -0.4 is 15.4 Å². The topological polar surface area (TPSA) is 90.3 Å². The monoisotopic (exact) mass is 533 g/mol. The maximum Gasteiger partial charge on any atom is 0.336 e. The highest BCUT2D eigenvalue weighted by molar-refractivity contribution is 6.42. The van der Waals surface area contributed by atoms with Gasteiger partial charge < -0.3 is 20.1 Å². The molecule has 36 heavy (non-hydrogen) atoms. The number of halogens is 4. The Hall–Kier alpha value is -3.73. The average Bonchev–Trinajstić information content (AvgIpc) is 3.27. The third-order valence-electron chi connectivity index (χ3n) is 4.83. The number of anilines is 2. The van der Waals surface area contributed by atoms with Gasteiger partial charge in [0.1, 0.15) is 18.2 Å². The van der Waals surface area contributed by atoms with Crippen LogP contribution in [0.2, 0.25) is 10.0 Å². The van der Waals surface area contributed by atoms with E-state index in [4.69, 9.17) is 32.7 Å². The standard InChI is InChI=1S/C24H19Cl2F2N5O3/c1-35-10-11-36-24-31-22(14-2-8-18(25)19(26)12-14)33(32-24)17-6-4-16(5-7-17)29-23(34)30-21-9-3-15(27)13-20(21)28/h2-9,12-13H,10-11H2,1H3,(H2,29,30,34). The summed E-state index contributed by atoms with van der Waals surface area (Å²) in [6, 6.07) is 14.0. The van der Waals surface area contributed by atoms with Crippen LogP contribution in [0.5, 0.6) is 6.01 Å². The minimum absolute atomic E-state index is 0.135. The van der Waals surface area contributed by atoms with Crippen molar-refractivity contribution in [2.75, 3.05) is 31.0 Å². The number of hydrogen-bond donors (Lipinski definition) is 2. The van der Waals surface area contributed by atoms with E-state index in [1.54, 1.807) is 54.3 Å². The molecule has 186 valence electrons. The molecule has 1 aromatic heterocycles. The fourth-order valence-corrected chi connectivity index (χ4v) is 3.43. The fraction of sp³-hybridized carbons (Fsp3) is 0.125. The van der Waals surface area contributed by atoms with E-state index < -0.39 is 17.7 Å². The summed E-state index contributed by atoms with van der Waals surface area (Å²) in [5.74, 6) is -1.18. The highest BCUT2D eigenvalue weighted by Crippen LogP contribution is 2.30. The number of hydrogen-bond acceptors (Lipinski definition) is 5. The molecule has 4 rings (SSSR count). The Morgan fingerprint density at radius 1 is 0.972 bits per heavy atom. The van der Waals surface area contributed by atoms with Crippen molar-refractivity contribution in [3.05, 3.63) is 82.3 Å². The molecule has 1 heterocycles. The molecule has 0 atom stereocenters. The van der Waals surface area contributed by atoms with Crippen LogP contribution >= 0.6 is 23.2 Å². The summed E-state index contributed by atoms with van der Waals surface area (Å²) < 4.78 is 39.0. The first-order chi connectivity index (χ1) is 17.3. The van der Waals surface area contributed by atoms with Crippen molar-refractivity contribution in [1.29, 1.82) is 0 Å². The summed E-state index contributed by atoms with van der Waals surface area (Å²) in [5.41, 5.74) is 1.54. The number of carbonyl (C=O) groups excluding carboxylic acids is 1. The normalized spacial score (nSPS) is 10.8. The lowest BCUT2D eigenvalue weighted by Crippen LogP contribution is -2.20. The quantitative estimate of drug-likeness (QED) is 0.263. The van der Waals surface area contributed by atoms with Crippen LogP contribution in [0.3, 0.4) is 0 Å². The van der Waals surface area contributed by atoms with Crippen molar-refractivity contribution >= 4 is 40.6 Å². The second-order valence-corrected chi connectivity index (χ2v) is 8.16. The van der Waals surface area contributed by atoms with E-state index in [1.165, 1.54) is 0 Å². The Morgan fingerprint density at radius 2 is 1.75 bits per heavy atom. The van der Waals surface area contributed by atoms with Crippen molar-refractivity contribution in [3.63, 3.8) is 0 Å². The molecule has 8 nitrogen and oxygen atoms in total. The van der Waals surface area contributed by atoms with Gasteiger partial charge in [-0.2, -0.15) is 4.98 Å².